The molecule has 1 amide bonds. The van der Waals surface area contributed by atoms with Crippen molar-refractivity contribution in [1.82, 2.24) is 4.90 Å². The number of fused-ring (bicyclic) bond motifs is 2. The van der Waals surface area contributed by atoms with Crippen LogP contribution in [-0.4, -0.2) is 40.0 Å². The first-order valence-electron chi connectivity index (χ1n) is 5.69. The maximum absolute atomic E-state index is 12.1. The Bertz CT molecular complexity index is 245. The number of nitrogens with zero attached hydrogens (tertiary/aromatic N) is 1. The number of carbonyl (C=O) groups excluding carboxylic acids is 1. The van der Waals surface area contributed by atoms with Crippen molar-refractivity contribution in [2.24, 2.45) is 5.92 Å². The molecular formula is C11H18ClNO2. The SMILES string of the molecule is CC(CCl)C(=O)N1C2CCC1CC(O)C2. The van der Waals surface area contributed by atoms with Gasteiger partial charge in [0, 0.05) is 23.9 Å². The van der Waals surface area contributed by atoms with Gasteiger partial charge in [0.05, 0.1) is 6.10 Å². The van der Waals surface area contributed by atoms with E-state index < -0.39 is 0 Å². The Kier molecular flexibility index (Phi) is 3.21. The van der Waals surface area contributed by atoms with Crippen molar-refractivity contribution in [3.05, 3.63) is 0 Å². The van der Waals surface area contributed by atoms with Gasteiger partial charge in [-0.05, 0) is 25.7 Å². The van der Waals surface area contributed by atoms with Crippen LogP contribution in [0, 0.1) is 5.92 Å². The Balaban J connectivity index is 2.08. The average molecular weight is 232 g/mol. The van der Waals surface area contributed by atoms with Crippen molar-refractivity contribution in [1.29, 1.82) is 0 Å². The lowest BCUT2D eigenvalue weighted by Gasteiger charge is -2.38. The van der Waals surface area contributed by atoms with E-state index in [-0.39, 0.29) is 30.0 Å². The van der Waals surface area contributed by atoms with Crippen molar-refractivity contribution < 1.29 is 9.90 Å². The number of aliphatic hydroxyl groups excluding tert-OH is 1. The van der Waals surface area contributed by atoms with E-state index in [0.29, 0.717) is 5.88 Å². The number of rotatable bonds is 2. The summed E-state index contributed by atoms with van der Waals surface area (Å²) in [6, 6.07) is 0.522. The molecule has 2 aliphatic heterocycles. The first kappa shape index (κ1) is 11.2. The molecule has 0 saturated carbocycles. The molecule has 2 fully saturated rings. The second kappa shape index (κ2) is 4.30. The highest BCUT2D eigenvalue weighted by atomic mass is 35.5. The second-order valence-corrected chi connectivity index (χ2v) is 5.12. The molecule has 0 radical (unpaired) electrons. The normalized spacial score (nSPS) is 36.7. The van der Waals surface area contributed by atoms with Crippen LogP contribution in [0.1, 0.15) is 32.6 Å². The van der Waals surface area contributed by atoms with Gasteiger partial charge in [-0.15, -0.1) is 11.6 Å². The van der Waals surface area contributed by atoms with Gasteiger partial charge in [0.2, 0.25) is 5.91 Å². The molecule has 2 saturated heterocycles. The summed E-state index contributed by atoms with van der Waals surface area (Å²) in [5.41, 5.74) is 0. The monoisotopic (exact) mass is 231 g/mol. The molecule has 0 aromatic rings. The zero-order valence-electron chi connectivity index (χ0n) is 9.03. The van der Waals surface area contributed by atoms with Gasteiger partial charge in [-0.25, -0.2) is 0 Å². The van der Waals surface area contributed by atoms with Crippen molar-refractivity contribution in [3.63, 3.8) is 0 Å². The molecule has 3 nitrogen and oxygen atoms in total. The molecule has 1 N–H and O–H groups in total. The van der Waals surface area contributed by atoms with Crippen LogP contribution >= 0.6 is 11.6 Å². The van der Waals surface area contributed by atoms with Crippen molar-refractivity contribution >= 4 is 17.5 Å². The van der Waals surface area contributed by atoms with Crippen LogP contribution in [0.4, 0.5) is 0 Å². The summed E-state index contributed by atoms with van der Waals surface area (Å²) in [6.07, 6.45) is 3.37. The van der Waals surface area contributed by atoms with Crippen molar-refractivity contribution in [2.75, 3.05) is 5.88 Å². The molecule has 2 rings (SSSR count). The minimum Gasteiger partial charge on any atom is -0.393 e. The summed E-state index contributed by atoms with van der Waals surface area (Å²) < 4.78 is 0. The van der Waals surface area contributed by atoms with Gasteiger partial charge < -0.3 is 10.0 Å². The zero-order valence-corrected chi connectivity index (χ0v) is 9.78. The highest BCUT2D eigenvalue weighted by Crippen LogP contribution is 2.36. The minimum atomic E-state index is -0.210. The molecule has 2 heterocycles. The lowest BCUT2D eigenvalue weighted by atomic mass is 9.98. The Morgan fingerprint density at radius 1 is 1.47 bits per heavy atom. The molecule has 15 heavy (non-hydrogen) atoms. The van der Waals surface area contributed by atoms with E-state index in [1.807, 2.05) is 11.8 Å². The number of carbonyl (C=O) groups is 1. The summed E-state index contributed by atoms with van der Waals surface area (Å²) in [5.74, 6) is 0.464. The standard InChI is InChI=1S/C11H18ClNO2/c1-7(6-12)11(15)13-8-2-3-9(13)5-10(14)4-8/h7-10,14H,2-6H2,1H3. The van der Waals surface area contributed by atoms with Crippen LogP contribution in [-0.2, 0) is 4.79 Å². The number of hydrogen-bond donors (Lipinski definition) is 1. The summed E-state index contributed by atoms with van der Waals surface area (Å²) in [7, 11) is 0. The molecule has 0 spiro atoms. The molecule has 0 aliphatic carbocycles. The third kappa shape index (κ3) is 2.00. The highest BCUT2D eigenvalue weighted by molar-refractivity contribution is 6.19. The van der Waals surface area contributed by atoms with Crippen LogP contribution < -0.4 is 0 Å². The number of hydrogen-bond acceptors (Lipinski definition) is 2. The summed E-state index contributed by atoms with van der Waals surface area (Å²) in [4.78, 5) is 14.0. The largest absolute Gasteiger partial charge is 0.393 e. The summed E-state index contributed by atoms with van der Waals surface area (Å²) >= 11 is 5.71. The summed E-state index contributed by atoms with van der Waals surface area (Å²) in [6.45, 7) is 1.87. The van der Waals surface area contributed by atoms with Crippen LogP contribution in [0.5, 0.6) is 0 Å². The molecule has 3 unspecified atom stereocenters. The molecule has 0 aromatic carbocycles. The van der Waals surface area contributed by atoms with Gasteiger partial charge in [0.25, 0.3) is 0 Å². The number of amides is 1. The third-order valence-corrected chi connectivity index (χ3v) is 4.08. The first-order chi connectivity index (χ1) is 7.13. The molecule has 3 atom stereocenters. The van der Waals surface area contributed by atoms with Gasteiger partial charge in [-0.1, -0.05) is 6.92 Å². The number of halogens is 1. The molecule has 0 aromatic heterocycles. The van der Waals surface area contributed by atoms with E-state index in [0.717, 1.165) is 25.7 Å². The van der Waals surface area contributed by atoms with Gasteiger partial charge >= 0.3 is 0 Å². The zero-order chi connectivity index (χ0) is 11.0. The maximum atomic E-state index is 12.1. The van der Waals surface area contributed by atoms with E-state index in [2.05, 4.69) is 0 Å². The lowest BCUT2D eigenvalue weighted by molar-refractivity contribution is -0.140. The smallest absolute Gasteiger partial charge is 0.227 e. The molecular weight excluding hydrogens is 214 g/mol. The fraction of sp³-hybridized carbons (Fsp3) is 0.909. The average Bonchev–Trinajstić information content (AvgIpc) is 2.49. The number of piperidine rings is 1. The molecule has 4 heteroatoms. The van der Waals surface area contributed by atoms with Crippen LogP contribution in [0.25, 0.3) is 0 Å². The maximum Gasteiger partial charge on any atom is 0.227 e. The van der Waals surface area contributed by atoms with Crippen LogP contribution in [0.3, 0.4) is 0 Å². The van der Waals surface area contributed by atoms with Crippen LogP contribution in [0.2, 0.25) is 0 Å². The number of alkyl halides is 1. The van der Waals surface area contributed by atoms with Gasteiger partial charge in [0.15, 0.2) is 0 Å². The molecule has 2 bridgehead atoms. The molecule has 86 valence electrons. The number of aliphatic hydroxyl groups is 1. The summed E-state index contributed by atoms with van der Waals surface area (Å²) in [5, 5.41) is 9.62. The fourth-order valence-corrected chi connectivity index (χ4v) is 2.96. The second-order valence-electron chi connectivity index (χ2n) is 4.81. The van der Waals surface area contributed by atoms with Crippen molar-refractivity contribution in [3.8, 4) is 0 Å². The topological polar surface area (TPSA) is 40.5 Å². The fourth-order valence-electron chi connectivity index (χ4n) is 2.83. The predicted molar refractivity (Wildman–Crippen MR) is 58.8 cm³/mol. The van der Waals surface area contributed by atoms with Gasteiger partial charge in [-0.3, -0.25) is 4.79 Å². The Hall–Kier alpha value is -0.280. The van der Waals surface area contributed by atoms with E-state index >= 15 is 0 Å². The quantitative estimate of drug-likeness (QED) is 0.730. The van der Waals surface area contributed by atoms with E-state index in [1.165, 1.54) is 0 Å². The molecule has 2 aliphatic rings. The lowest BCUT2D eigenvalue weighted by Crippen LogP contribution is -2.50. The van der Waals surface area contributed by atoms with E-state index in [9.17, 15) is 9.90 Å². The minimum absolute atomic E-state index is 0.0926. The highest BCUT2D eigenvalue weighted by Gasteiger charge is 2.43. The Labute approximate surface area is 95.4 Å². The van der Waals surface area contributed by atoms with Crippen LogP contribution in [0.15, 0.2) is 0 Å². The van der Waals surface area contributed by atoms with Gasteiger partial charge in [0.1, 0.15) is 0 Å². The van der Waals surface area contributed by atoms with Gasteiger partial charge in [-0.2, -0.15) is 0 Å². The van der Waals surface area contributed by atoms with E-state index in [1.54, 1.807) is 0 Å². The predicted octanol–water partition coefficient (Wildman–Crippen LogP) is 1.38. The van der Waals surface area contributed by atoms with E-state index in [4.69, 9.17) is 11.6 Å². The van der Waals surface area contributed by atoms with Crippen molar-refractivity contribution in [2.45, 2.75) is 50.8 Å². The Morgan fingerprint density at radius 3 is 2.47 bits per heavy atom. The third-order valence-electron chi connectivity index (χ3n) is 3.62. The Morgan fingerprint density at radius 2 is 2.00 bits per heavy atom. The first-order valence-corrected chi connectivity index (χ1v) is 6.23.